The Balaban J connectivity index is 2.09. The Hall–Kier alpha value is -2.49. The summed E-state index contributed by atoms with van der Waals surface area (Å²) in [6, 6.07) is 9.60. The maximum atomic E-state index is 14.4. The predicted molar refractivity (Wildman–Crippen MR) is 115 cm³/mol. The number of nitrogens with zero attached hydrogens (tertiary/aromatic N) is 1. The second kappa shape index (κ2) is 8.71. The van der Waals surface area contributed by atoms with E-state index in [4.69, 9.17) is 16.3 Å². The summed E-state index contributed by atoms with van der Waals surface area (Å²) >= 11 is 9.28. The average Bonchev–Trinajstić information content (AvgIpc) is 2.69. The van der Waals surface area contributed by atoms with Crippen LogP contribution < -0.4 is 9.46 Å². The lowest BCUT2D eigenvalue weighted by molar-refractivity contribution is 0.102. The van der Waals surface area contributed by atoms with E-state index in [2.05, 4.69) is 25.6 Å². The smallest absolute Gasteiger partial charge is 0.261 e. The van der Waals surface area contributed by atoms with Crippen molar-refractivity contribution < 1.29 is 22.3 Å². The molecule has 0 spiro atoms. The van der Waals surface area contributed by atoms with Gasteiger partial charge in [-0.2, -0.15) is 0 Å². The maximum Gasteiger partial charge on any atom is 0.261 e. The molecule has 0 saturated heterocycles. The third-order valence-electron chi connectivity index (χ3n) is 4.18. The predicted octanol–water partition coefficient (Wildman–Crippen LogP) is 4.99. The van der Waals surface area contributed by atoms with Crippen LogP contribution in [0.3, 0.4) is 0 Å². The van der Waals surface area contributed by atoms with Crippen LogP contribution in [-0.4, -0.2) is 26.3 Å². The molecular formula is C20H15BrClFN2O4S. The number of sulfonamides is 1. The number of benzene rings is 2. The number of hydrogen-bond acceptors (Lipinski definition) is 5. The van der Waals surface area contributed by atoms with Crippen LogP contribution in [0.4, 0.5) is 10.1 Å². The van der Waals surface area contributed by atoms with Crippen LogP contribution in [0.2, 0.25) is 5.02 Å². The van der Waals surface area contributed by atoms with Crippen LogP contribution in [0.15, 0.2) is 58.0 Å². The van der Waals surface area contributed by atoms with E-state index in [1.54, 1.807) is 13.0 Å². The van der Waals surface area contributed by atoms with Crippen molar-refractivity contribution in [3.8, 4) is 5.75 Å². The van der Waals surface area contributed by atoms with Crippen molar-refractivity contribution in [3.63, 3.8) is 0 Å². The zero-order chi connectivity index (χ0) is 22.1. The highest BCUT2D eigenvalue weighted by Crippen LogP contribution is 2.29. The number of carbonyl (C=O) groups excluding carboxylic acids is 1. The van der Waals surface area contributed by atoms with Crippen LogP contribution in [0, 0.1) is 12.7 Å². The van der Waals surface area contributed by atoms with Crippen molar-refractivity contribution in [2.75, 3.05) is 11.8 Å². The summed E-state index contributed by atoms with van der Waals surface area (Å²) in [4.78, 5) is 17.0. The van der Waals surface area contributed by atoms with Gasteiger partial charge in [-0.05, 0) is 48.9 Å². The lowest BCUT2D eigenvalue weighted by atomic mass is 10.0. The van der Waals surface area contributed by atoms with Gasteiger partial charge in [-0.3, -0.25) is 9.52 Å². The standard InChI is InChI=1S/C20H15BrClFN2O4S/c1-11-8-13(6-7-14(11)21)30(27,28)25-16-9-12(22)10-24-19(16)20(26)18-15(23)4-3-5-17(18)29-2/h3-10,25H,1-2H3. The summed E-state index contributed by atoms with van der Waals surface area (Å²) in [5.41, 5.74) is -0.164. The Labute approximate surface area is 186 Å². The van der Waals surface area contributed by atoms with Gasteiger partial charge >= 0.3 is 0 Å². The lowest BCUT2D eigenvalue weighted by Crippen LogP contribution is -2.18. The second-order valence-corrected chi connectivity index (χ2v) is 9.19. The zero-order valence-electron chi connectivity index (χ0n) is 15.7. The Kier molecular flexibility index (Phi) is 6.44. The number of halogens is 3. The van der Waals surface area contributed by atoms with Gasteiger partial charge < -0.3 is 4.74 Å². The highest BCUT2D eigenvalue weighted by Gasteiger charge is 2.26. The van der Waals surface area contributed by atoms with Gasteiger partial charge in [-0.15, -0.1) is 0 Å². The molecule has 0 bridgehead atoms. The summed E-state index contributed by atoms with van der Waals surface area (Å²) in [7, 11) is -2.79. The monoisotopic (exact) mass is 512 g/mol. The molecule has 30 heavy (non-hydrogen) atoms. The molecule has 156 valence electrons. The van der Waals surface area contributed by atoms with E-state index < -0.39 is 21.6 Å². The SMILES string of the molecule is COc1cccc(F)c1C(=O)c1ncc(Cl)cc1NS(=O)(=O)c1ccc(Br)c(C)c1. The Bertz CT molecular complexity index is 1250. The van der Waals surface area contributed by atoms with E-state index in [0.29, 0.717) is 5.56 Å². The Morgan fingerprint density at radius 1 is 1.23 bits per heavy atom. The molecule has 3 rings (SSSR count). The first-order valence-electron chi connectivity index (χ1n) is 8.45. The van der Waals surface area contributed by atoms with E-state index in [9.17, 15) is 17.6 Å². The number of carbonyl (C=O) groups is 1. The molecule has 1 aromatic heterocycles. The highest BCUT2D eigenvalue weighted by atomic mass is 79.9. The minimum absolute atomic E-state index is 0.00547. The zero-order valence-corrected chi connectivity index (χ0v) is 18.9. The van der Waals surface area contributed by atoms with E-state index in [1.165, 1.54) is 43.6 Å². The number of hydrogen-bond donors (Lipinski definition) is 1. The molecule has 0 aliphatic heterocycles. The highest BCUT2D eigenvalue weighted by molar-refractivity contribution is 9.10. The number of ketones is 1. The fourth-order valence-corrected chi connectivity index (χ4v) is 4.25. The van der Waals surface area contributed by atoms with Crippen LogP contribution in [0.1, 0.15) is 21.6 Å². The molecule has 0 aliphatic rings. The minimum atomic E-state index is -4.08. The van der Waals surface area contributed by atoms with Crippen molar-refractivity contribution >= 4 is 49.0 Å². The fraction of sp³-hybridized carbons (Fsp3) is 0.100. The molecule has 1 N–H and O–H groups in total. The number of anilines is 1. The number of pyridine rings is 1. The average molecular weight is 514 g/mol. The van der Waals surface area contributed by atoms with E-state index in [1.807, 2.05) is 0 Å². The fourth-order valence-electron chi connectivity index (χ4n) is 2.70. The summed E-state index contributed by atoms with van der Waals surface area (Å²) in [6.07, 6.45) is 1.17. The normalized spacial score (nSPS) is 11.2. The number of rotatable bonds is 6. The van der Waals surface area contributed by atoms with E-state index in [0.717, 1.165) is 10.5 Å². The van der Waals surface area contributed by atoms with Crippen molar-refractivity contribution in [2.24, 2.45) is 0 Å². The first-order chi connectivity index (χ1) is 14.1. The third-order valence-corrected chi connectivity index (χ3v) is 6.64. The van der Waals surface area contributed by atoms with E-state index >= 15 is 0 Å². The van der Waals surface area contributed by atoms with Crippen LogP contribution in [0.25, 0.3) is 0 Å². The van der Waals surface area contributed by atoms with Gasteiger partial charge in [0.2, 0.25) is 5.78 Å². The quantitative estimate of drug-likeness (QED) is 0.470. The second-order valence-electron chi connectivity index (χ2n) is 6.21. The number of nitrogens with one attached hydrogen (secondary N) is 1. The number of methoxy groups -OCH3 is 1. The van der Waals surface area contributed by atoms with Gasteiger partial charge in [-0.25, -0.2) is 17.8 Å². The van der Waals surface area contributed by atoms with Crippen molar-refractivity contribution in [2.45, 2.75) is 11.8 Å². The van der Waals surface area contributed by atoms with Gasteiger partial charge in [0.25, 0.3) is 10.0 Å². The van der Waals surface area contributed by atoms with Gasteiger partial charge in [0.05, 0.1) is 22.7 Å². The molecule has 3 aromatic rings. The molecule has 10 heteroatoms. The molecule has 0 radical (unpaired) electrons. The topological polar surface area (TPSA) is 85.4 Å². The van der Waals surface area contributed by atoms with Gasteiger partial charge in [0, 0.05) is 10.7 Å². The van der Waals surface area contributed by atoms with Crippen LogP contribution in [0.5, 0.6) is 5.75 Å². The molecule has 0 fully saturated rings. The first kappa shape index (κ1) is 22.2. The summed E-state index contributed by atoms with van der Waals surface area (Å²) < 4.78 is 48.2. The van der Waals surface area contributed by atoms with Crippen LogP contribution in [-0.2, 0) is 10.0 Å². The largest absolute Gasteiger partial charge is 0.496 e. The number of aromatic nitrogens is 1. The lowest BCUT2D eigenvalue weighted by Gasteiger charge is -2.14. The molecule has 0 atom stereocenters. The third kappa shape index (κ3) is 4.48. The van der Waals surface area contributed by atoms with Gasteiger partial charge in [0.1, 0.15) is 22.8 Å². The molecule has 0 amide bonds. The first-order valence-corrected chi connectivity index (χ1v) is 11.1. The van der Waals surface area contributed by atoms with Crippen molar-refractivity contribution in [3.05, 3.63) is 80.8 Å². The van der Waals surface area contributed by atoms with Crippen molar-refractivity contribution in [1.82, 2.24) is 4.98 Å². The molecule has 2 aromatic carbocycles. The molecular weight excluding hydrogens is 499 g/mol. The van der Waals surface area contributed by atoms with E-state index in [-0.39, 0.29) is 32.6 Å². The van der Waals surface area contributed by atoms with Crippen LogP contribution >= 0.6 is 27.5 Å². The Morgan fingerprint density at radius 3 is 2.63 bits per heavy atom. The summed E-state index contributed by atoms with van der Waals surface area (Å²) in [5, 5.41) is 0.0942. The summed E-state index contributed by atoms with van der Waals surface area (Å²) in [6.45, 7) is 1.74. The van der Waals surface area contributed by atoms with Gasteiger partial charge in [0.15, 0.2) is 0 Å². The molecule has 6 nitrogen and oxygen atoms in total. The Morgan fingerprint density at radius 2 is 1.97 bits per heavy atom. The number of aryl methyl sites for hydroxylation is 1. The number of ether oxygens (including phenoxy) is 1. The molecule has 0 saturated carbocycles. The van der Waals surface area contributed by atoms with Crippen molar-refractivity contribution in [1.29, 1.82) is 0 Å². The molecule has 0 unspecified atom stereocenters. The molecule has 1 heterocycles. The molecule has 0 aliphatic carbocycles. The maximum absolute atomic E-state index is 14.4. The minimum Gasteiger partial charge on any atom is -0.496 e. The van der Waals surface area contributed by atoms with Gasteiger partial charge in [-0.1, -0.05) is 33.6 Å². The summed E-state index contributed by atoms with van der Waals surface area (Å²) in [5.74, 6) is -1.69.